The van der Waals surface area contributed by atoms with Crippen LogP contribution >= 0.6 is 11.3 Å². The number of H-pyrrole nitrogens is 1. The normalized spacial score (nSPS) is 11.2. The number of aliphatic imine (C=N–C) groups is 1. The third-order valence-corrected chi connectivity index (χ3v) is 4.88. The number of hydrazine groups is 2. The number of aromatic amines is 1. The highest BCUT2D eigenvalue weighted by atomic mass is 32.1. The van der Waals surface area contributed by atoms with E-state index < -0.39 is 0 Å². The molecule has 0 bridgehead atoms. The Bertz CT molecular complexity index is 979. The summed E-state index contributed by atoms with van der Waals surface area (Å²) >= 11 is 1.58. The maximum Gasteiger partial charge on any atom is 0.356 e. The Morgan fingerprint density at radius 2 is 1.79 bits per heavy atom. The van der Waals surface area contributed by atoms with Crippen molar-refractivity contribution in [3.05, 3.63) is 35.9 Å². The molecule has 3 rings (SSSR count). The van der Waals surface area contributed by atoms with Gasteiger partial charge in [-0.2, -0.15) is 10.9 Å². The summed E-state index contributed by atoms with van der Waals surface area (Å²) in [5.74, 6) is 7.39. The van der Waals surface area contributed by atoms with Gasteiger partial charge in [0.1, 0.15) is 5.52 Å². The maximum atomic E-state index is 5.60. The monoisotopic (exact) mass is 403 g/mol. The van der Waals surface area contributed by atoms with E-state index in [1.54, 1.807) is 44.8 Å². The number of ether oxygens (including phenoxy) is 3. The summed E-state index contributed by atoms with van der Waals surface area (Å²) in [5, 5.41) is 0.813. The lowest BCUT2D eigenvalue weighted by atomic mass is 10.2. The van der Waals surface area contributed by atoms with Gasteiger partial charge in [-0.3, -0.25) is 5.43 Å². The molecule has 0 atom stereocenters. The first-order valence-corrected chi connectivity index (χ1v) is 9.19. The number of aryl methyl sites for hydroxylation is 1. The van der Waals surface area contributed by atoms with Gasteiger partial charge in [-0.05, 0) is 36.0 Å². The van der Waals surface area contributed by atoms with Gasteiger partial charge in [0.2, 0.25) is 11.7 Å². The molecule has 0 fully saturated rings. The van der Waals surface area contributed by atoms with Crippen LogP contribution in [0.15, 0.2) is 35.3 Å². The summed E-state index contributed by atoms with van der Waals surface area (Å²) < 4.78 is 17.1. The van der Waals surface area contributed by atoms with Crippen molar-refractivity contribution in [3.63, 3.8) is 0 Å². The molecule has 0 saturated heterocycles. The zero-order valence-corrected chi connectivity index (χ0v) is 16.9. The predicted molar refractivity (Wildman–Crippen MR) is 110 cm³/mol. The zero-order valence-electron chi connectivity index (χ0n) is 16.0. The average Bonchev–Trinajstić information content (AvgIpc) is 3.11. The largest absolute Gasteiger partial charge is 0.493 e. The fourth-order valence-electron chi connectivity index (χ4n) is 2.60. The summed E-state index contributed by atoms with van der Waals surface area (Å²) in [6, 6.07) is 9.65. The lowest BCUT2D eigenvalue weighted by Gasteiger charge is -2.13. The molecule has 1 aromatic heterocycles. The molecular formula is C18H23N6O3S+. The van der Waals surface area contributed by atoms with Gasteiger partial charge in [0, 0.05) is 12.1 Å². The minimum absolute atomic E-state index is 0.302. The SMILES string of the molecule is COc1cc(N=C(NN)NNc2[nH+]c3ccc(C)cc3s2)cc(OC)c1OC. The van der Waals surface area contributed by atoms with Crippen molar-refractivity contribution in [1.29, 1.82) is 0 Å². The second kappa shape index (κ2) is 8.63. The molecule has 0 aliphatic carbocycles. The lowest BCUT2D eigenvalue weighted by molar-refractivity contribution is -0.322. The van der Waals surface area contributed by atoms with E-state index in [-0.39, 0.29) is 0 Å². The molecule has 6 N–H and O–H groups in total. The highest BCUT2D eigenvalue weighted by Crippen LogP contribution is 2.40. The van der Waals surface area contributed by atoms with Crippen LogP contribution in [0.3, 0.4) is 0 Å². The quantitative estimate of drug-likeness (QED) is 0.216. The predicted octanol–water partition coefficient (Wildman–Crippen LogP) is 2.12. The maximum absolute atomic E-state index is 5.60. The third kappa shape index (κ3) is 4.18. The van der Waals surface area contributed by atoms with Gasteiger partial charge in [0.15, 0.2) is 11.5 Å². The van der Waals surface area contributed by atoms with Crippen LogP contribution in [0.4, 0.5) is 10.8 Å². The standard InChI is InChI=1S/C18H22N6O3S/c1-10-5-6-12-15(7-10)28-18(21-12)24-23-17(22-19)20-11-8-13(25-2)16(27-4)14(9-11)26-3/h5-9H,19H2,1-4H3,(H,21,24)(H2,20,22,23)/p+1. The van der Waals surface area contributed by atoms with Crippen molar-refractivity contribution in [2.45, 2.75) is 6.92 Å². The van der Waals surface area contributed by atoms with Crippen LogP contribution in [-0.4, -0.2) is 27.3 Å². The Hall–Kier alpha value is -3.24. The first-order valence-electron chi connectivity index (χ1n) is 8.37. The minimum Gasteiger partial charge on any atom is -0.493 e. The molecule has 0 unspecified atom stereocenters. The second-order valence-electron chi connectivity index (χ2n) is 5.79. The fourth-order valence-corrected chi connectivity index (χ4v) is 3.56. The number of methoxy groups -OCH3 is 3. The second-order valence-corrected chi connectivity index (χ2v) is 6.85. The van der Waals surface area contributed by atoms with Crippen molar-refractivity contribution in [2.24, 2.45) is 10.8 Å². The van der Waals surface area contributed by atoms with E-state index in [0.29, 0.717) is 28.9 Å². The highest BCUT2D eigenvalue weighted by molar-refractivity contribution is 7.21. The number of aromatic nitrogens is 1. The number of nitrogens with zero attached hydrogens (tertiary/aromatic N) is 1. The highest BCUT2D eigenvalue weighted by Gasteiger charge is 2.14. The molecule has 9 nitrogen and oxygen atoms in total. The summed E-state index contributed by atoms with van der Waals surface area (Å²) in [5.41, 5.74) is 11.3. The van der Waals surface area contributed by atoms with Crippen LogP contribution in [0.5, 0.6) is 17.2 Å². The van der Waals surface area contributed by atoms with Gasteiger partial charge >= 0.3 is 5.13 Å². The van der Waals surface area contributed by atoms with Crippen LogP contribution in [0.2, 0.25) is 0 Å². The van der Waals surface area contributed by atoms with Crippen molar-refractivity contribution < 1.29 is 19.2 Å². The number of benzene rings is 2. The van der Waals surface area contributed by atoms with Gasteiger partial charge in [0.05, 0.1) is 31.7 Å². The van der Waals surface area contributed by atoms with Gasteiger partial charge in [-0.25, -0.2) is 15.8 Å². The number of hydrogen-bond acceptors (Lipinski definition) is 7. The molecule has 1 heterocycles. The van der Waals surface area contributed by atoms with E-state index in [9.17, 15) is 0 Å². The van der Waals surface area contributed by atoms with Crippen molar-refractivity contribution >= 4 is 38.3 Å². The Morgan fingerprint density at radius 3 is 2.39 bits per heavy atom. The molecule has 2 aromatic carbocycles. The van der Waals surface area contributed by atoms with Gasteiger partial charge < -0.3 is 14.2 Å². The smallest absolute Gasteiger partial charge is 0.356 e. The summed E-state index contributed by atoms with van der Waals surface area (Å²) in [6.45, 7) is 2.06. The zero-order chi connectivity index (χ0) is 20.1. The minimum atomic E-state index is 0.302. The number of thiazole rings is 1. The Labute approximate surface area is 166 Å². The van der Waals surface area contributed by atoms with E-state index in [1.807, 2.05) is 6.07 Å². The molecule has 0 spiro atoms. The Morgan fingerprint density at radius 1 is 1.07 bits per heavy atom. The van der Waals surface area contributed by atoms with Crippen LogP contribution < -0.4 is 41.3 Å². The Balaban J connectivity index is 1.81. The first-order chi connectivity index (χ1) is 13.6. The molecule has 10 heteroatoms. The molecule has 148 valence electrons. The molecular weight excluding hydrogens is 380 g/mol. The Kier molecular flexibility index (Phi) is 6.02. The number of fused-ring (bicyclic) bond motifs is 1. The molecule has 28 heavy (non-hydrogen) atoms. The van der Waals surface area contributed by atoms with Crippen molar-refractivity contribution in [1.82, 2.24) is 10.9 Å². The molecule has 0 aliphatic rings. The number of rotatable bonds is 6. The van der Waals surface area contributed by atoms with Crippen LogP contribution in [0, 0.1) is 6.92 Å². The van der Waals surface area contributed by atoms with Crippen LogP contribution in [-0.2, 0) is 0 Å². The lowest BCUT2D eigenvalue weighted by Crippen LogP contribution is -2.44. The van der Waals surface area contributed by atoms with Crippen molar-refractivity contribution in [2.75, 3.05) is 26.8 Å². The van der Waals surface area contributed by atoms with E-state index in [4.69, 9.17) is 20.1 Å². The first kappa shape index (κ1) is 19.5. The molecule has 0 amide bonds. The van der Waals surface area contributed by atoms with Gasteiger partial charge in [-0.15, -0.1) is 0 Å². The van der Waals surface area contributed by atoms with Crippen LogP contribution in [0.25, 0.3) is 10.2 Å². The fraction of sp³-hybridized carbons (Fsp3) is 0.222. The number of nitrogens with one attached hydrogen (secondary N) is 4. The van der Waals surface area contributed by atoms with Crippen molar-refractivity contribution in [3.8, 4) is 17.2 Å². The van der Waals surface area contributed by atoms with E-state index in [0.717, 1.165) is 15.3 Å². The summed E-state index contributed by atoms with van der Waals surface area (Å²) in [6.07, 6.45) is 0. The number of hydrogen-bond donors (Lipinski definition) is 4. The number of anilines is 1. The summed E-state index contributed by atoms with van der Waals surface area (Å²) in [4.78, 5) is 7.72. The number of guanidine groups is 1. The molecule has 0 saturated carbocycles. The van der Waals surface area contributed by atoms with Gasteiger partial charge in [-0.1, -0.05) is 6.07 Å². The number of nitrogens with two attached hydrogens (primary N) is 1. The topological polar surface area (TPSA) is 116 Å². The average molecular weight is 403 g/mol. The molecule has 0 radical (unpaired) electrons. The summed E-state index contributed by atoms with van der Waals surface area (Å²) in [7, 11) is 4.64. The third-order valence-electron chi connectivity index (χ3n) is 3.92. The van der Waals surface area contributed by atoms with E-state index >= 15 is 0 Å². The van der Waals surface area contributed by atoms with Crippen LogP contribution in [0.1, 0.15) is 5.56 Å². The van der Waals surface area contributed by atoms with E-state index in [1.165, 1.54) is 5.56 Å². The van der Waals surface area contributed by atoms with Gasteiger partial charge in [0.25, 0.3) is 0 Å². The molecule has 3 aromatic rings. The van der Waals surface area contributed by atoms with E-state index in [2.05, 4.69) is 45.3 Å². The molecule has 0 aliphatic heterocycles.